The first kappa shape index (κ1) is 11.4. The van der Waals surface area contributed by atoms with Gasteiger partial charge in [0.1, 0.15) is 0 Å². The van der Waals surface area contributed by atoms with Crippen molar-refractivity contribution in [2.75, 3.05) is 0 Å². The molecule has 0 radical (unpaired) electrons. The van der Waals surface area contributed by atoms with Crippen molar-refractivity contribution in [3.63, 3.8) is 0 Å². The van der Waals surface area contributed by atoms with E-state index in [1.165, 1.54) is 25.7 Å². The molecule has 1 aliphatic rings. The van der Waals surface area contributed by atoms with E-state index in [1.807, 2.05) is 12.1 Å². The molecule has 1 fully saturated rings. The summed E-state index contributed by atoms with van der Waals surface area (Å²) >= 11 is 9.45. The van der Waals surface area contributed by atoms with Crippen LogP contribution in [0.25, 0.3) is 0 Å². The summed E-state index contributed by atoms with van der Waals surface area (Å²) in [6, 6.07) is 6.18. The van der Waals surface area contributed by atoms with Crippen LogP contribution in [0.2, 0.25) is 5.02 Å². The molecule has 3 heteroatoms. The van der Waals surface area contributed by atoms with Gasteiger partial charge in [0, 0.05) is 10.5 Å². The molecule has 0 aromatic heterocycles. The van der Waals surface area contributed by atoms with Crippen molar-refractivity contribution in [3.05, 3.63) is 33.3 Å². The maximum atomic E-state index is 6.25. The average molecular weight is 289 g/mol. The quantitative estimate of drug-likeness (QED) is 0.863. The molecule has 1 unspecified atom stereocenters. The monoisotopic (exact) mass is 287 g/mol. The van der Waals surface area contributed by atoms with Crippen molar-refractivity contribution in [2.45, 2.75) is 31.7 Å². The Morgan fingerprint density at radius 2 is 2.00 bits per heavy atom. The van der Waals surface area contributed by atoms with Crippen molar-refractivity contribution in [2.24, 2.45) is 11.7 Å². The van der Waals surface area contributed by atoms with E-state index in [4.69, 9.17) is 17.3 Å². The second-order valence-corrected chi connectivity index (χ2v) is 5.51. The summed E-state index contributed by atoms with van der Waals surface area (Å²) in [4.78, 5) is 0. The predicted molar refractivity (Wildman–Crippen MR) is 68.0 cm³/mol. The standard InChI is InChI=1S/C12H15BrClN/c13-10-6-5-9(7-11(10)14)12(15)8-3-1-2-4-8/h5-8,12H,1-4,15H2. The van der Waals surface area contributed by atoms with E-state index in [-0.39, 0.29) is 6.04 Å². The Balaban J connectivity index is 2.17. The lowest BCUT2D eigenvalue weighted by Gasteiger charge is -2.19. The highest BCUT2D eigenvalue weighted by Crippen LogP contribution is 2.35. The van der Waals surface area contributed by atoms with Gasteiger partial charge in [-0.3, -0.25) is 0 Å². The molecule has 0 aliphatic heterocycles. The Hall–Kier alpha value is -0.0500. The molecule has 0 saturated heterocycles. The van der Waals surface area contributed by atoms with Crippen molar-refractivity contribution in [1.29, 1.82) is 0 Å². The third kappa shape index (κ3) is 2.55. The van der Waals surface area contributed by atoms with E-state index in [0.29, 0.717) is 5.92 Å². The van der Waals surface area contributed by atoms with Gasteiger partial charge in [-0.25, -0.2) is 0 Å². The summed E-state index contributed by atoms with van der Waals surface area (Å²) in [5.41, 5.74) is 7.41. The number of halogens is 2. The normalized spacial score (nSPS) is 19.4. The molecule has 15 heavy (non-hydrogen) atoms. The van der Waals surface area contributed by atoms with Crippen LogP contribution in [-0.2, 0) is 0 Å². The minimum atomic E-state index is 0.151. The smallest absolute Gasteiger partial charge is 0.0551 e. The highest BCUT2D eigenvalue weighted by Gasteiger charge is 2.23. The zero-order valence-corrected chi connectivity index (χ0v) is 10.9. The van der Waals surface area contributed by atoms with Crippen LogP contribution in [0.3, 0.4) is 0 Å². The zero-order chi connectivity index (χ0) is 10.8. The van der Waals surface area contributed by atoms with Crippen LogP contribution in [0.15, 0.2) is 22.7 Å². The summed E-state index contributed by atoms with van der Waals surface area (Å²) in [5.74, 6) is 0.641. The molecule has 1 aliphatic carbocycles. The summed E-state index contributed by atoms with van der Waals surface area (Å²) in [6.07, 6.45) is 5.16. The van der Waals surface area contributed by atoms with Crippen LogP contribution in [0.1, 0.15) is 37.3 Å². The fourth-order valence-electron chi connectivity index (χ4n) is 2.31. The molecule has 82 valence electrons. The first-order valence-corrected chi connectivity index (χ1v) is 6.56. The summed E-state index contributed by atoms with van der Waals surface area (Å²) in [6.45, 7) is 0. The Labute approximate surface area is 104 Å². The maximum Gasteiger partial charge on any atom is 0.0551 e. The van der Waals surface area contributed by atoms with E-state index >= 15 is 0 Å². The highest BCUT2D eigenvalue weighted by molar-refractivity contribution is 9.10. The molecule has 1 aromatic rings. The van der Waals surface area contributed by atoms with E-state index in [1.54, 1.807) is 0 Å². The summed E-state index contributed by atoms with van der Waals surface area (Å²) < 4.78 is 0.937. The molecule has 1 saturated carbocycles. The predicted octanol–water partition coefficient (Wildman–Crippen LogP) is 4.29. The van der Waals surface area contributed by atoms with E-state index < -0.39 is 0 Å². The number of benzene rings is 1. The molecule has 0 bridgehead atoms. The molecule has 1 nitrogen and oxygen atoms in total. The van der Waals surface area contributed by atoms with Crippen LogP contribution < -0.4 is 5.73 Å². The van der Waals surface area contributed by atoms with Gasteiger partial charge in [-0.1, -0.05) is 30.5 Å². The summed E-state index contributed by atoms with van der Waals surface area (Å²) in [7, 11) is 0. The fraction of sp³-hybridized carbons (Fsp3) is 0.500. The van der Waals surface area contributed by atoms with Gasteiger partial charge in [0.15, 0.2) is 0 Å². The van der Waals surface area contributed by atoms with Crippen LogP contribution in [-0.4, -0.2) is 0 Å². The molecule has 0 amide bonds. The maximum absolute atomic E-state index is 6.25. The molecule has 0 heterocycles. The Kier molecular flexibility index (Phi) is 3.70. The van der Waals surface area contributed by atoms with Crippen molar-refractivity contribution >= 4 is 27.5 Å². The lowest BCUT2D eigenvalue weighted by molar-refractivity contribution is 0.445. The fourth-order valence-corrected chi connectivity index (χ4v) is 2.74. The molecule has 1 aromatic carbocycles. The average Bonchev–Trinajstić information content (AvgIpc) is 2.74. The van der Waals surface area contributed by atoms with E-state index in [9.17, 15) is 0 Å². The molecule has 0 spiro atoms. The third-order valence-electron chi connectivity index (χ3n) is 3.24. The Bertz CT molecular complexity index is 347. The van der Waals surface area contributed by atoms with Gasteiger partial charge in [-0.2, -0.15) is 0 Å². The van der Waals surface area contributed by atoms with Crippen molar-refractivity contribution in [3.8, 4) is 0 Å². The molecule has 2 rings (SSSR count). The minimum absolute atomic E-state index is 0.151. The molecular weight excluding hydrogens is 273 g/mol. The number of nitrogens with two attached hydrogens (primary N) is 1. The molecule has 2 N–H and O–H groups in total. The first-order chi connectivity index (χ1) is 7.18. The van der Waals surface area contributed by atoms with Crippen molar-refractivity contribution in [1.82, 2.24) is 0 Å². The zero-order valence-electron chi connectivity index (χ0n) is 8.55. The number of hydrogen-bond acceptors (Lipinski definition) is 1. The second kappa shape index (κ2) is 4.86. The van der Waals surface area contributed by atoms with Crippen molar-refractivity contribution < 1.29 is 0 Å². The lowest BCUT2D eigenvalue weighted by atomic mass is 9.93. The van der Waals surface area contributed by atoms with E-state index in [2.05, 4.69) is 22.0 Å². The lowest BCUT2D eigenvalue weighted by Crippen LogP contribution is -2.18. The Morgan fingerprint density at radius 1 is 1.33 bits per heavy atom. The topological polar surface area (TPSA) is 26.0 Å². The van der Waals surface area contributed by atoms with Gasteiger partial charge in [0.2, 0.25) is 0 Å². The number of rotatable bonds is 2. The Morgan fingerprint density at radius 3 is 2.60 bits per heavy atom. The van der Waals surface area contributed by atoms with Crippen LogP contribution in [0.4, 0.5) is 0 Å². The molecule has 1 atom stereocenters. The van der Waals surface area contributed by atoms with Crippen LogP contribution in [0, 0.1) is 5.92 Å². The highest BCUT2D eigenvalue weighted by atomic mass is 79.9. The second-order valence-electron chi connectivity index (χ2n) is 4.24. The van der Waals surface area contributed by atoms with Gasteiger partial charge in [-0.05, 0) is 52.4 Å². The van der Waals surface area contributed by atoms with Crippen LogP contribution in [0.5, 0.6) is 0 Å². The molecular formula is C12H15BrClN. The largest absolute Gasteiger partial charge is 0.324 e. The van der Waals surface area contributed by atoms with Gasteiger partial charge in [-0.15, -0.1) is 0 Å². The van der Waals surface area contributed by atoms with Gasteiger partial charge < -0.3 is 5.73 Å². The third-order valence-corrected chi connectivity index (χ3v) is 4.47. The minimum Gasteiger partial charge on any atom is -0.324 e. The van der Waals surface area contributed by atoms with E-state index in [0.717, 1.165) is 15.1 Å². The van der Waals surface area contributed by atoms with Gasteiger partial charge in [0.25, 0.3) is 0 Å². The number of hydrogen-bond donors (Lipinski definition) is 1. The first-order valence-electron chi connectivity index (χ1n) is 5.39. The van der Waals surface area contributed by atoms with Gasteiger partial charge >= 0.3 is 0 Å². The van der Waals surface area contributed by atoms with Gasteiger partial charge in [0.05, 0.1) is 5.02 Å². The van der Waals surface area contributed by atoms with Crippen LogP contribution >= 0.6 is 27.5 Å². The summed E-state index contributed by atoms with van der Waals surface area (Å²) in [5, 5.41) is 0.751. The SMILES string of the molecule is NC(c1ccc(Br)c(Cl)c1)C1CCCC1.